The van der Waals surface area contributed by atoms with Crippen molar-refractivity contribution >= 4 is 5.82 Å². The highest BCUT2D eigenvalue weighted by Gasteiger charge is 2.41. The number of alkyl halides is 3. The van der Waals surface area contributed by atoms with Gasteiger partial charge < -0.3 is 14.9 Å². The first kappa shape index (κ1) is 19.0. The highest BCUT2D eigenvalue weighted by molar-refractivity contribution is 5.71. The van der Waals surface area contributed by atoms with Gasteiger partial charge in [-0.1, -0.05) is 6.92 Å². The summed E-state index contributed by atoms with van der Waals surface area (Å²) in [6, 6.07) is 5.75. The predicted octanol–water partition coefficient (Wildman–Crippen LogP) is 3.71. The van der Waals surface area contributed by atoms with Crippen molar-refractivity contribution in [2.24, 2.45) is 5.92 Å². The Hall–Kier alpha value is -2.35. The lowest BCUT2D eigenvalue weighted by atomic mass is 10.0. The van der Waals surface area contributed by atoms with Crippen LogP contribution in [0.5, 0.6) is 5.75 Å². The van der Waals surface area contributed by atoms with Crippen molar-refractivity contribution in [1.29, 1.82) is 0 Å². The molecule has 2 aliphatic rings. The van der Waals surface area contributed by atoms with Crippen molar-refractivity contribution in [3.05, 3.63) is 35.4 Å². The number of rotatable bonds is 3. The fraction of sp³-hybridized carbons (Fsp3) is 0.500. The average Bonchev–Trinajstić information content (AvgIpc) is 3.21. The lowest BCUT2D eigenvalue weighted by molar-refractivity contribution is -0.137. The Bertz CT molecular complexity index is 846. The first-order valence-electron chi connectivity index (χ1n) is 9.52. The number of phenolic OH excluding ortho intramolecular Hbond substituents is 1. The maximum Gasteiger partial charge on any atom is 0.416 e. The molecule has 2 saturated heterocycles. The van der Waals surface area contributed by atoms with Crippen LogP contribution in [-0.2, 0) is 6.18 Å². The standard InChI is InChI=1S/C20H23F3N4O/c1-3-26-10-13-6-7-27(16(13)11-26)18-5-4-15(24-25-18)19-12(2)8-14(9-17(19)28)20(21,22)23/h4-5,8-9,13,16,28H,3,6-7,10-11H2,1-2H3. The number of likely N-dealkylation sites (tertiary alicyclic amines) is 1. The van der Waals surface area contributed by atoms with E-state index >= 15 is 0 Å². The SMILES string of the molecule is CCN1CC2CCN(c3ccc(-c4c(C)cc(C(F)(F)F)cc4O)nn3)C2C1. The second-order valence-corrected chi connectivity index (χ2v) is 7.62. The first-order valence-corrected chi connectivity index (χ1v) is 9.52. The second kappa shape index (κ2) is 6.92. The van der Waals surface area contributed by atoms with Gasteiger partial charge in [0, 0.05) is 31.2 Å². The molecule has 2 aliphatic heterocycles. The van der Waals surface area contributed by atoms with E-state index in [1.165, 1.54) is 6.92 Å². The largest absolute Gasteiger partial charge is 0.507 e. The molecule has 1 N–H and O–H groups in total. The predicted molar refractivity (Wildman–Crippen MR) is 100 cm³/mol. The van der Waals surface area contributed by atoms with E-state index in [1.54, 1.807) is 6.07 Å². The normalized spacial score (nSPS) is 22.7. The average molecular weight is 392 g/mol. The molecule has 3 heterocycles. The molecule has 2 aromatic rings. The maximum absolute atomic E-state index is 12.9. The van der Waals surface area contributed by atoms with Crippen molar-refractivity contribution < 1.29 is 18.3 Å². The van der Waals surface area contributed by atoms with Crippen LogP contribution < -0.4 is 4.90 Å². The van der Waals surface area contributed by atoms with Crippen molar-refractivity contribution in [2.45, 2.75) is 32.5 Å². The molecule has 5 nitrogen and oxygen atoms in total. The zero-order valence-electron chi connectivity index (χ0n) is 15.9. The number of fused-ring (bicyclic) bond motifs is 1. The minimum atomic E-state index is -4.50. The van der Waals surface area contributed by atoms with Crippen LogP contribution in [-0.4, -0.2) is 52.4 Å². The van der Waals surface area contributed by atoms with Crippen LogP contribution >= 0.6 is 0 Å². The van der Waals surface area contributed by atoms with E-state index in [9.17, 15) is 18.3 Å². The Labute approximate surface area is 161 Å². The fourth-order valence-corrected chi connectivity index (χ4v) is 4.47. The number of benzene rings is 1. The van der Waals surface area contributed by atoms with Gasteiger partial charge in [0.05, 0.1) is 11.3 Å². The molecule has 28 heavy (non-hydrogen) atoms. The highest BCUT2D eigenvalue weighted by atomic mass is 19.4. The van der Waals surface area contributed by atoms with Gasteiger partial charge in [0.2, 0.25) is 0 Å². The molecule has 0 saturated carbocycles. The molecule has 150 valence electrons. The summed E-state index contributed by atoms with van der Waals surface area (Å²) in [4.78, 5) is 4.71. The van der Waals surface area contributed by atoms with Gasteiger partial charge in [0.25, 0.3) is 0 Å². The molecule has 2 fully saturated rings. The molecule has 0 amide bonds. The number of aromatic hydroxyl groups is 1. The molecule has 1 aromatic heterocycles. The Balaban J connectivity index is 1.59. The van der Waals surface area contributed by atoms with E-state index in [0.29, 0.717) is 23.2 Å². The van der Waals surface area contributed by atoms with E-state index in [1.807, 2.05) is 6.07 Å². The number of likely N-dealkylation sites (N-methyl/N-ethyl adjacent to an activating group) is 1. The third-order valence-electron chi connectivity index (χ3n) is 5.91. The molecular weight excluding hydrogens is 369 g/mol. The lowest BCUT2D eigenvalue weighted by Gasteiger charge is -2.25. The van der Waals surface area contributed by atoms with Crippen LogP contribution in [0.3, 0.4) is 0 Å². The molecule has 8 heteroatoms. The maximum atomic E-state index is 12.9. The van der Waals surface area contributed by atoms with Crippen molar-refractivity contribution in [3.8, 4) is 17.0 Å². The zero-order valence-corrected chi connectivity index (χ0v) is 15.9. The van der Waals surface area contributed by atoms with Crippen molar-refractivity contribution in [2.75, 3.05) is 31.1 Å². The van der Waals surface area contributed by atoms with Gasteiger partial charge in [-0.05, 0) is 55.6 Å². The summed E-state index contributed by atoms with van der Waals surface area (Å²) in [7, 11) is 0. The van der Waals surface area contributed by atoms with Gasteiger partial charge in [-0.3, -0.25) is 0 Å². The number of phenols is 1. The number of aryl methyl sites for hydroxylation is 1. The Morgan fingerprint density at radius 3 is 2.57 bits per heavy atom. The minimum absolute atomic E-state index is 0.282. The molecule has 0 spiro atoms. The van der Waals surface area contributed by atoms with Gasteiger partial charge in [-0.15, -0.1) is 10.2 Å². The molecule has 4 rings (SSSR count). The quantitative estimate of drug-likeness (QED) is 0.863. The summed E-state index contributed by atoms with van der Waals surface area (Å²) in [6.07, 6.45) is -3.38. The summed E-state index contributed by atoms with van der Waals surface area (Å²) in [5, 5.41) is 18.7. The van der Waals surface area contributed by atoms with Crippen LogP contribution in [0.2, 0.25) is 0 Å². The smallest absolute Gasteiger partial charge is 0.416 e. The Kier molecular flexibility index (Phi) is 4.69. The lowest BCUT2D eigenvalue weighted by Crippen LogP contribution is -2.35. The topological polar surface area (TPSA) is 52.5 Å². The third kappa shape index (κ3) is 3.30. The fourth-order valence-electron chi connectivity index (χ4n) is 4.47. The van der Waals surface area contributed by atoms with Crippen LogP contribution in [0.15, 0.2) is 24.3 Å². The summed E-state index contributed by atoms with van der Waals surface area (Å²) in [5.74, 6) is 0.978. The molecule has 0 radical (unpaired) electrons. The van der Waals surface area contributed by atoms with Crippen LogP contribution in [0.1, 0.15) is 24.5 Å². The van der Waals surface area contributed by atoms with E-state index < -0.39 is 17.5 Å². The zero-order chi connectivity index (χ0) is 20.1. The summed E-state index contributed by atoms with van der Waals surface area (Å²) >= 11 is 0. The number of halogens is 3. The van der Waals surface area contributed by atoms with E-state index in [2.05, 4.69) is 26.9 Å². The van der Waals surface area contributed by atoms with Crippen LogP contribution in [0.4, 0.5) is 19.0 Å². The van der Waals surface area contributed by atoms with Gasteiger partial charge in [-0.2, -0.15) is 13.2 Å². The molecule has 0 bridgehead atoms. The molecule has 1 aromatic carbocycles. The van der Waals surface area contributed by atoms with Gasteiger partial charge in [-0.25, -0.2) is 0 Å². The van der Waals surface area contributed by atoms with E-state index in [-0.39, 0.29) is 5.56 Å². The van der Waals surface area contributed by atoms with Gasteiger partial charge in [0.15, 0.2) is 5.82 Å². The summed E-state index contributed by atoms with van der Waals surface area (Å²) < 4.78 is 38.8. The molecule has 2 atom stereocenters. The van der Waals surface area contributed by atoms with E-state index in [0.717, 1.165) is 50.6 Å². The number of nitrogens with zero attached hydrogens (tertiary/aromatic N) is 4. The van der Waals surface area contributed by atoms with Gasteiger partial charge >= 0.3 is 6.18 Å². The number of hydrogen-bond donors (Lipinski definition) is 1. The van der Waals surface area contributed by atoms with Crippen LogP contribution in [0, 0.1) is 12.8 Å². The monoisotopic (exact) mass is 392 g/mol. The molecule has 0 aliphatic carbocycles. The minimum Gasteiger partial charge on any atom is -0.507 e. The first-order chi connectivity index (χ1) is 13.3. The highest BCUT2D eigenvalue weighted by Crippen LogP contribution is 2.39. The van der Waals surface area contributed by atoms with Crippen molar-refractivity contribution in [1.82, 2.24) is 15.1 Å². The van der Waals surface area contributed by atoms with E-state index in [4.69, 9.17) is 0 Å². The Morgan fingerprint density at radius 1 is 1.18 bits per heavy atom. The number of aromatic nitrogens is 2. The summed E-state index contributed by atoms with van der Waals surface area (Å²) in [5.41, 5.74) is 0.0832. The van der Waals surface area contributed by atoms with Crippen molar-refractivity contribution in [3.63, 3.8) is 0 Å². The third-order valence-corrected chi connectivity index (χ3v) is 5.91. The van der Waals surface area contributed by atoms with Gasteiger partial charge in [0.1, 0.15) is 5.75 Å². The number of anilines is 1. The Morgan fingerprint density at radius 2 is 1.96 bits per heavy atom. The number of hydrogen-bond acceptors (Lipinski definition) is 5. The summed E-state index contributed by atoms with van der Waals surface area (Å²) in [6.45, 7) is 7.80. The van der Waals surface area contributed by atoms with Crippen LogP contribution in [0.25, 0.3) is 11.3 Å². The molecular formula is C20H23F3N4O. The molecule has 2 unspecified atom stereocenters. The second-order valence-electron chi connectivity index (χ2n) is 7.62.